The highest BCUT2D eigenvalue weighted by Gasteiger charge is 2.11. The molecule has 0 aliphatic heterocycles. The van der Waals surface area contributed by atoms with E-state index >= 15 is 0 Å². The van der Waals surface area contributed by atoms with Crippen LogP contribution in [-0.2, 0) is 7.05 Å². The van der Waals surface area contributed by atoms with Crippen molar-refractivity contribution in [3.63, 3.8) is 0 Å². The summed E-state index contributed by atoms with van der Waals surface area (Å²) in [5.74, 6) is 0.443. The molecule has 1 aromatic carbocycles. The number of rotatable bonds is 3. The number of nitrogens with zero attached hydrogens (tertiary/aromatic N) is 1. The Morgan fingerprint density at radius 3 is 2.71 bits per heavy atom. The van der Waals surface area contributed by atoms with Gasteiger partial charge in [-0.1, -0.05) is 38.5 Å². The van der Waals surface area contributed by atoms with Crippen LogP contribution in [-0.4, -0.2) is 4.57 Å². The maximum Gasteiger partial charge on any atom is 0.251 e. The molecule has 0 saturated carbocycles. The van der Waals surface area contributed by atoms with E-state index in [9.17, 15) is 4.79 Å². The number of para-hydroxylation sites is 1. The Hall–Kier alpha value is -1.57. The van der Waals surface area contributed by atoms with Crippen LogP contribution in [0.4, 0.5) is 0 Å². The highest BCUT2D eigenvalue weighted by Crippen LogP contribution is 2.26. The van der Waals surface area contributed by atoms with Gasteiger partial charge in [-0.3, -0.25) is 4.79 Å². The molecule has 0 spiro atoms. The van der Waals surface area contributed by atoms with Crippen molar-refractivity contribution in [3.8, 4) is 0 Å². The van der Waals surface area contributed by atoms with E-state index in [-0.39, 0.29) is 5.56 Å². The van der Waals surface area contributed by atoms with Gasteiger partial charge in [0.05, 0.1) is 5.52 Å². The predicted molar refractivity (Wildman–Crippen MR) is 72.5 cm³/mol. The molecule has 90 valence electrons. The maximum absolute atomic E-state index is 11.9. The molecule has 0 saturated heterocycles. The molecule has 2 aromatic rings. The third kappa shape index (κ3) is 2.12. The summed E-state index contributed by atoms with van der Waals surface area (Å²) in [6.45, 7) is 4.38. The Balaban J connectivity index is 2.71. The van der Waals surface area contributed by atoms with Crippen LogP contribution in [0.3, 0.4) is 0 Å². The molecule has 1 aromatic heterocycles. The summed E-state index contributed by atoms with van der Waals surface area (Å²) in [7, 11) is 1.83. The molecule has 17 heavy (non-hydrogen) atoms. The molecule has 0 radical (unpaired) electrons. The molecule has 0 unspecified atom stereocenters. The molecule has 0 fully saturated rings. The van der Waals surface area contributed by atoms with Crippen molar-refractivity contribution >= 4 is 10.9 Å². The Morgan fingerprint density at radius 1 is 1.29 bits per heavy atom. The van der Waals surface area contributed by atoms with Gasteiger partial charge in [-0.05, 0) is 24.0 Å². The van der Waals surface area contributed by atoms with Crippen LogP contribution in [0.25, 0.3) is 10.9 Å². The second kappa shape index (κ2) is 4.74. The van der Waals surface area contributed by atoms with Gasteiger partial charge in [-0.25, -0.2) is 0 Å². The molecular formula is C15H19NO. The first-order chi connectivity index (χ1) is 8.15. The molecule has 0 aliphatic carbocycles. The van der Waals surface area contributed by atoms with Crippen LogP contribution < -0.4 is 5.56 Å². The normalized spacial score (nSPS) is 12.9. The fraction of sp³-hybridized carbons (Fsp3) is 0.400. The van der Waals surface area contributed by atoms with E-state index in [0.717, 1.165) is 18.4 Å². The van der Waals surface area contributed by atoms with Crippen molar-refractivity contribution in [1.29, 1.82) is 0 Å². The Morgan fingerprint density at radius 2 is 2.00 bits per heavy atom. The van der Waals surface area contributed by atoms with E-state index in [4.69, 9.17) is 0 Å². The zero-order chi connectivity index (χ0) is 12.4. The average molecular weight is 229 g/mol. The van der Waals surface area contributed by atoms with Crippen molar-refractivity contribution in [2.45, 2.75) is 32.6 Å². The van der Waals surface area contributed by atoms with Crippen molar-refractivity contribution in [2.24, 2.45) is 7.05 Å². The van der Waals surface area contributed by atoms with Crippen LogP contribution in [0.1, 0.15) is 38.2 Å². The second-order valence-corrected chi connectivity index (χ2v) is 4.70. The molecule has 1 heterocycles. The fourth-order valence-electron chi connectivity index (χ4n) is 2.43. The number of aromatic nitrogens is 1. The van der Waals surface area contributed by atoms with E-state index in [1.54, 1.807) is 10.6 Å². The van der Waals surface area contributed by atoms with Gasteiger partial charge in [0.1, 0.15) is 0 Å². The van der Waals surface area contributed by atoms with E-state index in [2.05, 4.69) is 19.9 Å². The number of aryl methyl sites for hydroxylation is 1. The lowest BCUT2D eigenvalue weighted by molar-refractivity contribution is 0.666. The highest BCUT2D eigenvalue weighted by molar-refractivity contribution is 5.83. The lowest BCUT2D eigenvalue weighted by Crippen LogP contribution is -2.17. The summed E-state index contributed by atoms with van der Waals surface area (Å²) in [5, 5.41) is 1.20. The van der Waals surface area contributed by atoms with Crippen LogP contribution in [0, 0.1) is 0 Å². The molecule has 1 atom stereocenters. The molecule has 2 rings (SSSR count). The van der Waals surface area contributed by atoms with Crippen LogP contribution in [0.2, 0.25) is 0 Å². The monoisotopic (exact) mass is 229 g/mol. The van der Waals surface area contributed by atoms with Gasteiger partial charge in [0.15, 0.2) is 0 Å². The van der Waals surface area contributed by atoms with Crippen molar-refractivity contribution in [2.75, 3.05) is 0 Å². The van der Waals surface area contributed by atoms with Crippen molar-refractivity contribution < 1.29 is 0 Å². The van der Waals surface area contributed by atoms with Crippen molar-refractivity contribution in [1.82, 2.24) is 4.57 Å². The van der Waals surface area contributed by atoms with Crippen LogP contribution in [0.15, 0.2) is 35.1 Å². The topological polar surface area (TPSA) is 22.0 Å². The van der Waals surface area contributed by atoms with Gasteiger partial charge >= 0.3 is 0 Å². The van der Waals surface area contributed by atoms with Gasteiger partial charge < -0.3 is 4.57 Å². The van der Waals surface area contributed by atoms with Crippen LogP contribution >= 0.6 is 0 Å². The Kier molecular flexibility index (Phi) is 3.32. The number of benzene rings is 1. The van der Waals surface area contributed by atoms with E-state index in [1.807, 2.05) is 25.2 Å². The minimum absolute atomic E-state index is 0.0849. The summed E-state index contributed by atoms with van der Waals surface area (Å²) in [6, 6.07) is 9.93. The maximum atomic E-state index is 11.9. The van der Waals surface area contributed by atoms with E-state index in [1.165, 1.54) is 10.9 Å². The molecule has 0 aliphatic rings. The Bertz CT molecular complexity index is 583. The van der Waals surface area contributed by atoms with Gasteiger partial charge in [-0.15, -0.1) is 0 Å². The minimum atomic E-state index is 0.0849. The lowest BCUT2D eigenvalue weighted by atomic mass is 9.93. The van der Waals surface area contributed by atoms with Gasteiger partial charge in [0.2, 0.25) is 0 Å². The summed E-state index contributed by atoms with van der Waals surface area (Å²) in [5.41, 5.74) is 2.30. The standard InChI is InChI=1S/C15H19NO/c1-4-7-11(2)13-10-15(17)16(3)14-9-6-5-8-12(13)14/h5-6,8-11H,4,7H2,1-3H3/t11-/m1/s1. The SMILES string of the molecule is CCC[C@@H](C)c1cc(=O)n(C)c2ccccc12. The summed E-state index contributed by atoms with van der Waals surface area (Å²) in [4.78, 5) is 11.9. The summed E-state index contributed by atoms with van der Waals surface area (Å²) >= 11 is 0. The zero-order valence-electron chi connectivity index (χ0n) is 10.7. The van der Waals surface area contributed by atoms with E-state index < -0.39 is 0 Å². The number of fused-ring (bicyclic) bond motifs is 1. The van der Waals surface area contributed by atoms with Crippen LogP contribution in [0.5, 0.6) is 0 Å². The molecular weight excluding hydrogens is 210 g/mol. The minimum Gasteiger partial charge on any atom is -0.311 e. The number of hydrogen-bond donors (Lipinski definition) is 0. The Labute approximate surface area is 102 Å². The average Bonchev–Trinajstić information content (AvgIpc) is 2.34. The number of pyridine rings is 1. The molecule has 2 nitrogen and oxygen atoms in total. The molecule has 0 N–H and O–H groups in total. The third-order valence-corrected chi connectivity index (χ3v) is 3.44. The second-order valence-electron chi connectivity index (χ2n) is 4.70. The number of hydrogen-bond acceptors (Lipinski definition) is 1. The largest absolute Gasteiger partial charge is 0.311 e. The predicted octanol–water partition coefficient (Wildman–Crippen LogP) is 3.44. The molecule has 2 heteroatoms. The van der Waals surface area contributed by atoms with Crippen molar-refractivity contribution in [3.05, 3.63) is 46.2 Å². The van der Waals surface area contributed by atoms with E-state index in [0.29, 0.717) is 5.92 Å². The van der Waals surface area contributed by atoms with Gasteiger partial charge in [0, 0.05) is 18.5 Å². The molecule has 0 bridgehead atoms. The van der Waals surface area contributed by atoms with Gasteiger partial charge in [-0.2, -0.15) is 0 Å². The zero-order valence-corrected chi connectivity index (χ0v) is 10.7. The summed E-state index contributed by atoms with van der Waals surface area (Å²) in [6.07, 6.45) is 2.27. The first kappa shape index (κ1) is 11.9. The highest BCUT2D eigenvalue weighted by atomic mass is 16.1. The first-order valence-corrected chi connectivity index (χ1v) is 6.23. The van der Waals surface area contributed by atoms with Gasteiger partial charge in [0.25, 0.3) is 5.56 Å². The smallest absolute Gasteiger partial charge is 0.251 e. The fourth-order valence-corrected chi connectivity index (χ4v) is 2.43. The molecule has 0 amide bonds. The lowest BCUT2D eigenvalue weighted by Gasteiger charge is -2.15. The third-order valence-electron chi connectivity index (χ3n) is 3.44. The first-order valence-electron chi connectivity index (χ1n) is 6.23. The summed E-state index contributed by atoms with van der Waals surface area (Å²) < 4.78 is 1.72. The quantitative estimate of drug-likeness (QED) is 0.790.